The zero-order chi connectivity index (χ0) is 13.9. The van der Waals surface area contributed by atoms with E-state index in [2.05, 4.69) is 0 Å². The molecule has 20 heavy (non-hydrogen) atoms. The van der Waals surface area contributed by atoms with Crippen molar-refractivity contribution in [2.75, 3.05) is 31.1 Å². The number of nitrogens with zero attached hydrogens (tertiary/aromatic N) is 2. The highest BCUT2D eigenvalue weighted by Gasteiger charge is 2.29. The van der Waals surface area contributed by atoms with Gasteiger partial charge in [-0.1, -0.05) is 25.0 Å². The lowest BCUT2D eigenvalue weighted by atomic mass is 10.1. The molecule has 108 valence electrons. The summed E-state index contributed by atoms with van der Waals surface area (Å²) >= 11 is 0. The third kappa shape index (κ3) is 2.65. The molecule has 0 bridgehead atoms. The van der Waals surface area contributed by atoms with Gasteiger partial charge in [-0.15, -0.1) is 0 Å². The van der Waals surface area contributed by atoms with Crippen molar-refractivity contribution in [3.63, 3.8) is 0 Å². The van der Waals surface area contributed by atoms with Crippen LogP contribution in [0.3, 0.4) is 0 Å². The van der Waals surface area contributed by atoms with Crippen LogP contribution in [0.4, 0.5) is 10.1 Å². The molecule has 1 aromatic carbocycles. The molecule has 0 radical (unpaired) electrons. The quantitative estimate of drug-likeness (QED) is 0.829. The molecule has 1 heterocycles. The molecule has 0 aromatic heterocycles. The first-order chi connectivity index (χ1) is 9.75. The van der Waals surface area contributed by atoms with Crippen molar-refractivity contribution in [3.05, 3.63) is 30.1 Å². The summed E-state index contributed by atoms with van der Waals surface area (Å²) in [6.45, 7) is 2.87. The molecule has 2 fully saturated rings. The molecule has 1 aliphatic carbocycles. The summed E-state index contributed by atoms with van der Waals surface area (Å²) in [6.07, 6.45) is 4.47. The van der Waals surface area contributed by atoms with Crippen LogP contribution in [0.2, 0.25) is 0 Å². The summed E-state index contributed by atoms with van der Waals surface area (Å²) in [6, 6.07) is 6.86. The molecule has 3 rings (SSSR count). The van der Waals surface area contributed by atoms with Gasteiger partial charge in [0.2, 0.25) is 5.91 Å². The van der Waals surface area contributed by atoms with Crippen LogP contribution in [0.1, 0.15) is 25.7 Å². The van der Waals surface area contributed by atoms with Gasteiger partial charge < -0.3 is 9.80 Å². The summed E-state index contributed by atoms with van der Waals surface area (Å²) in [5.74, 6) is 0.383. The second-order valence-corrected chi connectivity index (χ2v) is 5.75. The van der Waals surface area contributed by atoms with Crippen LogP contribution in [-0.4, -0.2) is 37.0 Å². The van der Waals surface area contributed by atoms with Crippen molar-refractivity contribution in [3.8, 4) is 0 Å². The third-order valence-electron chi connectivity index (χ3n) is 4.49. The number of halogens is 1. The van der Waals surface area contributed by atoms with Crippen LogP contribution in [0.5, 0.6) is 0 Å². The molecule has 0 unspecified atom stereocenters. The number of piperazine rings is 1. The fraction of sp³-hybridized carbons (Fsp3) is 0.562. The van der Waals surface area contributed by atoms with Crippen molar-refractivity contribution in [1.82, 2.24) is 4.90 Å². The van der Waals surface area contributed by atoms with Crippen LogP contribution in [0.15, 0.2) is 24.3 Å². The largest absolute Gasteiger partial charge is 0.366 e. The lowest BCUT2D eigenvalue weighted by Gasteiger charge is -2.37. The first-order valence-electron chi connectivity index (χ1n) is 7.54. The molecule has 0 spiro atoms. The topological polar surface area (TPSA) is 23.6 Å². The summed E-state index contributed by atoms with van der Waals surface area (Å²) in [4.78, 5) is 16.3. The zero-order valence-corrected chi connectivity index (χ0v) is 11.7. The molecular weight excluding hydrogens is 255 g/mol. The minimum atomic E-state index is -0.178. The maximum atomic E-state index is 13.8. The van der Waals surface area contributed by atoms with Gasteiger partial charge in [0.15, 0.2) is 0 Å². The highest BCUT2D eigenvalue weighted by atomic mass is 19.1. The Balaban J connectivity index is 1.59. The number of benzene rings is 1. The van der Waals surface area contributed by atoms with Gasteiger partial charge in [0.05, 0.1) is 5.69 Å². The predicted octanol–water partition coefficient (Wildman–Crippen LogP) is 2.66. The Kier molecular flexibility index (Phi) is 3.90. The number of para-hydroxylation sites is 1. The number of rotatable bonds is 2. The SMILES string of the molecule is O=C(C1CCCC1)N1CCN(c2ccccc2F)CC1. The predicted molar refractivity (Wildman–Crippen MR) is 77.2 cm³/mol. The molecule has 1 aromatic rings. The number of carbonyl (C=O) groups excluding carboxylic acids is 1. The summed E-state index contributed by atoms with van der Waals surface area (Å²) < 4.78 is 13.8. The Hall–Kier alpha value is -1.58. The molecule has 2 aliphatic rings. The first-order valence-corrected chi connectivity index (χ1v) is 7.54. The molecule has 1 saturated heterocycles. The van der Waals surface area contributed by atoms with Crippen molar-refractivity contribution < 1.29 is 9.18 Å². The highest BCUT2D eigenvalue weighted by molar-refractivity contribution is 5.79. The molecule has 1 saturated carbocycles. The monoisotopic (exact) mass is 276 g/mol. The first kappa shape index (κ1) is 13.4. The number of amides is 1. The minimum absolute atomic E-state index is 0.178. The van der Waals surface area contributed by atoms with Gasteiger partial charge >= 0.3 is 0 Å². The fourth-order valence-corrected chi connectivity index (χ4v) is 3.31. The average molecular weight is 276 g/mol. The van der Waals surface area contributed by atoms with E-state index in [0.717, 1.165) is 25.9 Å². The van der Waals surface area contributed by atoms with E-state index in [1.165, 1.54) is 18.9 Å². The minimum Gasteiger partial charge on any atom is -0.366 e. The number of carbonyl (C=O) groups is 1. The molecular formula is C16H21FN2O. The molecule has 0 atom stereocenters. The normalized spacial score (nSPS) is 20.4. The summed E-state index contributed by atoms with van der Waals surface area (Å²) in [5, 5.41) is 0. The van der Waals surface area contributed by atoms with Crippen molar-refractivity contribution in [1.29, 1.82) is 0 Å². The van der Waals surface area contributed by atoms with Crippen LogP contribution in [0, 0.1) is 11.7 Å². The average Bonchev–Trinajstić information content (AvgIpc) is 3.01. The number of anilines is 1. The molecule has 4 heteroatoms. The van der Waals surface area contributed by atoms with Crippen LogP contribution in [-0.2, 0) is 4.79 Å². The molecule has 1 aliphatic heterocycles. The van der Waals surface area contributed by atoms with E-state index >= 15 is 0 Å². The molecule has 1 amide bonds. The Morgan fingerprint density at radius 3 is 2.35 bits per heavy atom. The van der Waals surface area contributed by atoms with Crippen LogP contribution < -0.4 is 4.90 Å². The Labute approximate surface area is 119 Å². The smallest absolute Gasteiger partial charge is 0.225 e. The zero-order valence-electron chi connectivity index (χ0n) is 11.7. The van der Waals surface area contributed by atoms with Crippen molar-refractivity contribution in [2.45, 2.75) is 25.7 Å². The van der Waals surface area contributed by atoms with Gasteiger partial charge in [-0.3, -0.25) is 4.79 Å². The van der Waals surface area contributed by atoms with Crippen molar-refractivity contribution >= 4 is 11.6 Å². The molecule has 3 nitrogen and oxygen atoms in total. The third-order valence-corrected chi connectivity index (χ3v) is 4.49. The maximum Gasteiger partial charge on any atom is 0.225 e. The second kappa shape index (κ2) is 5.81. The Morgan fingerprint density at radius 1 is 1.05 bits per heavy atom. The van der Waals surface area contributed by atoms with Gasteiger partial charge in [0.25, 0.3) is 0 Å². The fourth-order valence-electron chi connectivity index (χ4n) is 3.31. The van der Waals surface area contributed by atoms with E-state index in [-0.39, 0.29) is 11.7 Å². The van der Waals surface area contributed by atoms with Gasteiger partial charge in [-0.05, 0) is 25.0 Å². The Bertz CT molecular complexity index is 477. The highest BCUT2D eigenvalue weighted by Crippen LogP contribution is 2.27. The van der Waals surface area contributed by atoms with Crippen LogP contribution >= 0.6 is 0 Å². The van der Waals surface area contributed by atoms with E-state index in [0.29, 0.717) is 24.7 Å². The van der Waals surface area contributed by atoms with E-state index in [9.17, 15) is 9.18 Å². The van der Waals surface area contributed by atoms with E-state index in [1.54, 1.807) is 6.07 Å². The van der Waals surface area contributed by atoms with E-state index in [4.69, 9.17) is 0 Å². The van der Waals surface area contributed by atoms with E-state index < -0.39 is 0 Å². The van der Waals surface area contributed by atoms with Gasteiger partial charge in [0, 0.05) is 32.1 Å². The summed E-state index contributed by atoms with van der Waals surface area (Å²) in [5.41, 5.74) is 0.653. The number of hydrogen-bond donors (Lipinski definition) is 0. The lowest BCUT2D eigenvalue weighted by molar-refractivity contribution is -0.135. The summed E-state index contributed by atoms with van der Waals surface area (Å²) in [7, 11) is 0. The van der Waals surface area contributed by atoms with Gasteiger partial charge in [0.1, 0.15) is 5.82 Å². The maximum absolute atomic E-state index is 13.8. The second-order valence-electron chi connectivity index (χ2n) is 5.75. The van der Waals surface area contributed by atoms with Gasteiger partial charge in [-0.2, -0.15) is 0 Å². The lowest BCUT2D eigenvalue weighted by Crippen LogP contribution is -2.50. The standard InChI is InChI=1S/C16H21FN2O/c17-14-7-3-4-8-15(14)18-9-11-19(12-10-18)16(20)13-5-1-2-6-13/h3-4,7-8,13H,1-2,5-6,9-12H2. The van der Waals surface area contributed by atoms with Crippen molar-refractivity contribution in [2.24, 2.45) is 5.92 Å². The Morgan fingerprint density at radius 2 is 1.70 bits per heavy atom. The van der Waals surface area contributed by atoms with E-state index in [1.807, 2.05) is 21.9 Å². The van der Waals surface area contributed by atoms with Gasteiger partial charge in [-0.25, -0.2) is 4.39 Å². The van der Waals surface area contributed by atoms with Crippen LogP contribution in [0.25, 0.3) is 0 Å². The number of hydrogen-bond acceptors (Lipinski definition) is 2. The molecule has 0 N–H and O–H groups in total.